The number of carbonyl (C=O) groups is 3. The summed E-state index contributed by atoms with van der Waals surface area (Å²) in [5, 5.41) is 0. The van der Waals surface area contributed by atoms with Crippen molar-refractivity contribution in [2.75, 3.05) is 13.2 Å². The molecule has 1 fully saturated rings. The van der Waals surface area contributed by atoms with Gasteiger partial charge in [-0.1, -0.05) is 0 Å². The molecule has 0 radical (unpaired) electrons. The summed E-state index contributed by atoms with van der Waals surface area (Å²) in [5.74, 6) is -1.01. The molecule has 0 unspecified atom stereocenters. The third-order valence-corrected chi connectivity index (χ3v) is 5.61. The summed E-state index contributed by atoms with van der Waals surface area (Å²) >= 11 is 0. The first-order chi connectivity index (χ1) is 13.7. The van der Waals surface area contributed by atoms with Crippen LogP contribution in [0.4, 0.5) is 0 Å². The molecular weight excluding hydrogens is 372 g/mol. The number of rotatable bonds is 7. The van der Waals surface area contributed by atoms with E-state index >= 15 is 0 Å². The molecule has 2 aromatic heterocycles. The van der Waals surface area contributed by atoms with Crippen LogP contribution in [0.15, 0.2) is 6.07 Å². The minimum Gasteiger partial charge on any atom is -0.453 e. The maximum atomic E-state index is 12.7. The van der Waals surface area contributed by atoms with E-state index in [0.29, 0.717) is 22.4 Å². The molecule has 0 amide bonds. The van der Waals surface area contributed by atoms with E-state index < -0.39 is 5.97 Å². The molecule has 0 spiro atoms. The van der Waals surface area contributed by atoms with Crippen LogP contribution < -0.4 is 0 Å². The molecule has 0 aromatic carbocycles. The molecule has 2 aromatic rings. The summed E-state index contributed by atoms with van der Waals surface area (Å²) in [6.07, 6.45) is 2.26. The van der Waals surface area contributed by atoms with Crippen LogP contribution in [0.25, 0.3) is 0 Å². The number of aromatic nitrogens is 2. The van der Waals surface area contributed by atoms with Crippen molar-refractivity contribution in [3.05, 3.63) is 45.5 Å². The molecule has 1 N–H and O–H groups in total. The molecule has 156 valence electrons. The monoisotopic (exact) mass is 400 g/mol. The molecule has 0 saturated carbocycles. The Morgan fingerprint density at radius 1 is 1.24 bits per heavy atom. The van der Waals surface area contributed by atoms with Crippen LogP contribution in [0.1, 0.15) is 73.6 Å². The average molecular weight is 400 g/mol. The van der Waals surface area contributed by atoms with Gasteiger partial charge >= 0.3 is 5.97 Å². The fraction of sp³-hybridized carbons (Fsp3) is 0.500. The molecule has 29 heavy (non-hydrogen) atoms. The Morgan fingerprint density at radius 3 is 2.55 bits per heavy atom. The van der Waals surface area contributed by atoms with Crippen molar-refractivity contribution in [2.24, 2.45) is 0 Å². The van der Waals surface area contributed by atoms with Gasteiger partial charge in [-0.15, -0.1) is 0 Å². The van der Waals surface area contributed by atoms with Crippen LogP contribution in [0.2, 0.25) is 0 Å². The van der Waals surface area contributed by atoms with E-state index in [1.54, 1.807) is 13.8 Å². The lowest BCUT2D eigenvalue weighted by atomic mass is 10.1. The van der Waals surface area contributed by atoms with Crippen molar-refractivity contribution in [2.45, 2.75) is 60.1 Å². The first kappa shape index (κ1) is 21.0. The van der Waals surface area contributed by atoms with Crippen LogP contribution in [0.3, 0.4) is 0 Å². The number of aryl methyl sites for hydroxylation is 2. The summed E-state index contributed by atoms with van der Waals surface area (Å²) in [4.78, 5) is 39.8. The lowest BCUT2D eigenvalue weighted by Crippen LogP contribution is -2.18. The lowest BCUT2D eigenvalue weighted by Gasteiger charge is -2.14. The Kier molecular flexibility index (Phi) is 6.07. The van der Waals surface area contributed by atoms with E-state index in [9.17, 15) is 14.4 Å². The van der Waals surface area contributed by atoms with E-state index in [2.05, 4.69) is 9.55 Å². The zero-order chi connectivity index (χ0) is 21.3. The number of Topliss-reactive ketones (excluding diaryl/α,β-unsaturated/α-hetero) is 2. The smallest absolute Gasteiger partial charge is 0.355 e. The van der Waals surface area contributed by atoms with Gasteiger partial charge in [0.25, 0.3) is 0 Å². The fourth-order valence-electron chi connectivity index (χ4n) is 4.12. The molecule has 1 saturated heterocycles. The van der Waals surface area contributed by atoms with Crippen LogP contribution in [0, 0.1) is 27.7 Å². The molecule has 1 aliphatic heterocycles. The normalized spacial score (nSPS) is 16.2. The molecular formula is C22H28N2O5. The molecule has 0 bridgehead atoms. The lowest BCUT2D eigenvalue weighted by molar-refractivity contribution is 0.0468. The van der Waals surface area contributed by atoms with Crippen molar-refractivity contribution in [1.29, 1.82) is 0 Å². The largest absolute Gasteiger partial charge is 0.453 e. The van der Waals surface area contributed by atoms with Crippen molar-refractivity contribution in [3.63, 3.8) is 0 Å². The van der Waals surface area contributed by atoms with Crippen LogP contribution >= 0.6 is 0 Å². The second-order valence-electron chi connectivity index (χ2n) is 7.71. The second-order valence-corrected chi connectivity index (χ2v) is 7.71. The van der Waals surface area contributed by atoms with Crippen LogP contribution in [-0.2, 0) is 16.0 Å². The summed E-state index contributed by atoms with van der Waals surface area (Å²) in [6, 6.07) is 1.83. The van der Waals surface area contributed by atoms with Crippen molar-refractivity contribution in [3.8, 4) is 0 Å². The number of carbonyl (C=O) groups excluding carboxylic acids is 3. The van der Waals surface area contributed by atoms with Crippen LogP contribution in [0.5, 0.6) is 0 Å². The summed E-state index contributed by atoms with van der Waals surface area (Å²) in [7, 11) is 0. The van der Waals surface area contributed by atoms with Gasteiger partial charge in [0.15, 0.2) is 12.4 Å². The third kappa shape index (κ3) is 4.19. The minimum atomic E-state index is -0.639. The quantitative estimate of drug-likeness (QED) is 0.568. The van der Waals surface area contributed by atoms with Gasteiger partial charge in [0.05, 0.1) is 6.10 Å². The number of ketones is 2. The summed E-state index contributed by atoms with van der Waals surface area (Å²) in [5.41, 5.74) is 4.25. The van der Waals surface area contributed by atoms with E-state index in [1.165, 1.54) is 6.92 Å². The summed E-state index contributed by atoms with van der Waals surface area (Å²) in [6.45, 7) is 9.89. The fourth-order valence-corrected chi connectivity index (χ4v) is 4.12. The minimum absolute atomic E-state index is 0.120. The van der Waals surface area contributed by atoms with Gasteiger partial charge in [-0.2, -0.15) is 0 Å². The van der Waals surface area contributed by atoms with Crippen molar-refractivity contribution < 1.29 is 23.9 Å². The Labute approximate surface area is 170 Å². The van der Waals surface area contributed by atoms with E-state index in [-0.39, 0.29) is 30.0 Å². The highest BCUT2D eigenvalue weighted by Gasteiger charge is 2.24. The Morgan fingerprint density at radius 2 is 1.97 bits per heavy atom. The number of ether oxygens (including phenoxy) is 2. The Hall–Kier alpha value is -2.67. The number of nitrogens with one attached hydrogen (secondary N) is 1. The van der Waals surface area contributed by atoms with Gasteiger partial charge in [0.2, 0.25) is 5.78 Å². The standard InChI is InChI=1S/C22H28N2O5/c1-12-9-18(15(4)24(12)10-17-7-6-8-28-17)19(26)11-29-22(27)21-13(2)20(16(5)25)14(3)23-21/h9,17,23H,6-8,10-11H2,1-5H3/t17-/m0/s1. The number of nitrogens with zero attached hydrogens (tertiary/aromatic N) is 1. The first-order valence-corrected chi connectivity index (χ1v) is 9.89. The van der Waals surface area contributed by atoms with Gasteiger partial charge in [0, 0.05) is 41.4 Å². The molecule has 7 heteroatoms. The maximum Gasteiger partial charge on any atom is 0.355 e. The van der Waals surface area contributed by atoms with Gasteiger partial charge in [-0.05, 0) is 59.1 Å². The van der Waals surface area contributed by atoms with Gasteiger partial charge in [-0.3, -0.25) is 9.59 Å². The zero-order valence-corrected chi connectivity index (χ0v) is 17.7. The van der Waals surface area contributed by atoms with Crippen molar-refractivity contribution >= 4 is 17.5 Å². The van der Waals surface area contributed by atoms with Crippen LogP contribution in [-0.4, -0.2) is 46.4 Å². The molecule has 7 nitrogen and oxygen atoms in total. The molecule has 3 heterocycles. The molecule has 0 aliphatic carbocycles. The highest BCUT2D eigenvalue weighted by atomic mass is 16.5. The topological polar surface area (TPSA) is 90.4 Å². The van der Waals surface area contributed by atoms with Crippen molar-refractivity contribution in [1.82, 2.24) is 9.55 Å². The van der Waals surface area contributed by atoms with Gasteiger partial charge in [-0.25, -0.2) is 4.79 Å². The molecule has 1 atom stereocenters. The molecule has 1 aliphatic rings. The number of hydrogen-bond acceptors (Lipinski definition) is 5. The number of hydrogen-bond donors (Lipinski definition) is 1. The van der Waals surface area contributed by atoms with Gasteiger partial charge in [0.1, 0.15) is 5.69 Å². The maximum absolute atomic E-state index is 12.7. The zero-order valence-electron chi connectivity index (χ0n) is 17.7. The number of esters is 1. The second kappa shape index (κ2) is 8.37. The predicted octanol–water partition coefficient (Wildman–Crippen LogP) is 3.47. The Bertz CT molecular complexity index is 960. The third-order valence-electron chi connectivity index (χ3n) is 5.61. The SMILES string of the molecule is CC(=O)c1c(C)[nH]c(C(=O)OCC(=O)c2cc(C)n(C[C@@H]3CCCO3)c2C)c1C. The number of H-pyrrole nitrogens is 1. The number of aromatic amines is 1. The summed E-state index contributed by atoms with van der Waals surface area (Å²) < 4.78 is 13.0. The first-order valence-electron chi connectivity index (χ1n) is 9.89. The Balaban J connectivity index is 1.69. The highest BCUT2D eigenvalue weighted by molar-refractivity contribution is 6.03. The van der Waals surface area contributed by atoms with E-state index in [0.717, 1.165) is 37.4 Å². The average Bonchev–Trinajstić information content (AvgIpc) is 3.34. The van der Waals surface area contributed by atoms with Gasteiger partial charge < -0.3 is 19.0 Å². The predicted molar refractivity (Wildman–Crippen MR) is 108 cm³/mol. The highest BCUT2D eigenvalue weighted by Crippen LogP contribution is 2.22. The molecule has 3 rings (SSSR count). The van der Waals surface area contributed by atoms with E-state index in [4.69, 9.17) is 9.47 Å². The van der Waals surface area contributed by atoms with E-state index in [1.807, 2.05) is 19.9 Å².